The van der Waals surface area contributed by atoms with E-state index in [4.69, 9.17) is 14.4 Å². The summed E-state index contributed by atoms with van der Waals surface area (Å²) in [6, 6.07) is 37.9. The monoisotopic (exact) mass is 492 g/mol. The summed E-state index contributed by atoms with van der Waals surface area (Å²) in [5.41, 5.74) is 7.01. The zero-order valence-electron chi connectivity index (χ0n) is 19.7. The average molecular weight is 493 g/mol. The van der Waals surface area contributed by atoms with E-state index in [0.29, 0.717) is 5.89 Å². The minimum atomic E-state index is -2.79. The average Bonchev–Trinajstić information content (AvgIpc) is 3.64. The Hall–Kier alpha value is -4.81. The molecule has 6 heteroatoms. The zero-order valence-corrected chi connectivity index (χ0v) is 20.7. The number of pyridine rings is 1. The van der Waals surface area contributed by atoms with Gasteiger partial charge in [-0.3, -0.25) is 9.55 Å². The summed E-state index contributed by atoms with van der Waals surface area (Å²) in [6.45, 7) is 0. The number of hydrogen-bond acceptors (Lipinski definition) is 4. The number of hydrogen-bond donors (Lipinski definition) is 0. The van der Waals surface area contributed by atoms with Crippen molar-refractivity contribution in [3.63, 3.8) is 0 Å². The first-order valence-corrected chi connectivity index (χ1v) is 14.3. The highest BCUT2D eigenvalue weighted by atomic mass is 28.3. The fraction of sp³-hybridized carbons (Fsp3) is 0. The van der Waals surface area contributed by atoms with Gasteiger partial charge in [0.15, 0.2) is 5.58 Å². The van der Waals surface area contributed by atoms with Gasteiger partial charge < -0.3 is 4.42 Å². The maximum atomic E-state index is 6.17. The number of benzene rings is 4. The molecular weight excluding hydrogens is 472 g/mol. The van der Waals surface area contributed by atoms with Gasteiger partial charge in [-0.25, -0.2) is 9.97 Å². The molecule has 0 N–H and O–H groups in total. The highest BCUT2D eigenvalue weighted by Crippen LogP contribution is 2.28. The quantitative estimate of drug-likeness (QED) is 0.351. The molecule has 0 radical (unpaired) electrons. The van der Waals surface area contributed by atoms with Crippen LogP contribution in [0.25, 0.3) is 39.3 Å². The third kappa shape index (κ3) is 2.76. The van der Waals surface area contributed by atoms with Gasteiger partial charge in [0.05, 0.1) is 11.0 Å². The van der Waals surface area contributed by atoms with Gasteiger partial charge in [0.1, 0.15) is 11.0 Å². The molecule has 0 aliphatic carbocycles. The Bertz CT molecular complexity index is 1930. The number of imidazole rings is 1. The van der Waals surface area contributed by atoms with E-state index in [1.165, 1.54) is 21.2 Å². The highest BCUT2D eigenvalue weighted by Gasteiger charge is 2.52. The van der Waals surface area contributed by atoms with Gasteiger partial charge in [0.2, 0.25) is 14.0 Å². The highest BCUT2D eigenvalue weighted by molar-refractivity contribution is 7.20. The summed E-state index contributed by atoms with van der Waals surface area (Å²) in [7, 11) is -2.79. The Labute approximate surface area is 213 Å². The fourth-order valence-corrected chi connectivity index (χ4v) is 10.7. The number of para-hydroxylation sites is 5. The Kier molecular flexibility index (Phi) is 4.18. The van der Waals surface area contributed by atoms with Crippen molar-refractivity contribution in [2.45, 2.75) is 0 Å². The number of aromatic nitrogens is 4. The van der Waals surface area contributed by atoms with E-state index in [9.17, 15) is 0 Å². The van der Waals surface area contributed by atoms with Crippen LogP contribution in [0.5, 0.6) is 0 Å². The van der Waals surface area contributed by atoms with Crippen molar-refractivity contribution in [2.24, 2.45) is 0 Å². The van der Waals surface area contributed by atoms with Crippen LogP contribution in [0.2, 0.25) is 0 Å². The topological polar surface area (TPSA) is 56.7 Å². The van der Waals surface area contributed by atoms with Crippen molar-refractivity contribution in [3.8, 4) is 17.1 Å². The molecule has 0 saturated carbocycles. The van der Waals surface area contributed by atoms with Crippen LogP contribution < -0.4 is 21.0 Å². The number of oxazole rings is 1. The van der Waals surface area contributed by atoms with Crippen molar-refractivity contribution in [1.29, 1.82) is 0 Å². The Morgan fingerprint density at radius 1 is 0.676 bits per heavy atom. The van der Waals surface area contributed by atoms with E-state index in [0.717, 1.165) is 33.1 Å². The normalized spacial score (nSPS) is 16.2. The van der Waals surface area contributed by atoms with Crippen LogP contribution in [0.3, 0.4) is 0 Å². The molecule has 1 aliphatic rings. The summed E-state index contributed by atoms with van der Waals surface area (Å²) in [4.78, 5) is 14.7. The first-order chi connectivity index (χ1) is 18.3. The molecule has 0 fully saturated rings. The van der Waals surface area contributed by atoms with Gasteiger partial charge in [-0.05, 0) is 64.1 Å². The zero-order chi connectivity index (χ0) is 24.4. The lowest BCUT2D eigenvalue weighted by molar-refractivity contribution is 0.620. The fourth-order valence-electron chi connectivity index (χ4n) is 5.83. The molecule has 1 aliphatic heterocycles. The van der Waals surface area contributed by atoms with Gasteiger partial charge in [0, 0.05) is 23.6 Å². The van der Waals surface area contributed by atoms with E-state index < -0.39 is 8.07 Å². The summed E-state index contributed by atoms with van der Waals surface area (Å²) in [5.74, 6) is 0.623. The maximum Gasteiger partial charge on any atom is 0.227 e. The van der Waals surface area contributed by atoms with Crippen LogP contribution in [-0.4, -0.2) is 27.6 Å². The second-order valence-electron chi connectivity index (χ2n) is 9.34. The molecule has 0 amide bonds. The molecule has 1 atom stereocenters. The lowest BCUT2D eigenvalue weighted by Crippen LogP contribution is -2.73. The largest absolute Gasteiger partial charge is 0.436 e. The third-order valence-corrected chi connectivity index (χ3v) is 12.0. The lowest BCUT2D eigenvalue weighted by atomic mass is 10.2. The van der Waals surface area contributed by atoms with Crippen LogP contribution in [0, 0.1) is 0 Å². The summed E-state index contributed by atoms with van der Waals surface area (Å²) in [5, 5.41) is 3.74. The maximum absolute atomic E-state index is 6.17. The molecule has 7 aromatic rings. The van der Waals surface area contributed by atoms with Crippen molar-refractivity contribution in [2.75, 3.05) is 0 Å². The molecule has 8 rings (SSSR count). The van der Waals surface area contributed by atoms with Crippen LogP contribution in [-0.2, 0) is 0 Å². The third-order valence-electron chi connectivity index (χ3n) is 7.38. The molecular formula is C31H20N4OSi. The van der Waals surface area contributed by atoms with Crippen molar-refractivity contribution in [1.82, 2.24) is 19.5 Å². The molecule has 0 saturated heterocycles. The molecule has 4 aromatic carbocycles. The van der Waals surface area contributed by atoms with Crippen molar-refractivity contribution >= 4 is 51.2 Å². The van der Waals surface area contributed by atoms with Gasteiger partial charge in [-0.15, -0.1) is 0 Å². The Morgan fingerprint density at radius 2 is 1.49 bits per heavy atom. The second kappa shape index (κ2) is 7.59. The second-order valence-corrected chi connectivity index (χ2v) is 13.0. The van der Waals surface area contributed by atoms with E-state index >= 15 is 0 Å². The van der Waals surface area contributed by atoms with E-state index in [1.54, 1.807) is 0 Å². The summed E-state index contributed by atoms with van der Waals surface area (Å²) >= 11 is 0. The van der Waals surface area contributed by atoms with Gasteiger partial charge >= 0.3 is 0 Å². The van der Waals surface area contributed by atoms with Gasteiger partial charge in [0.25, 0.3) is 0 Å². The predicted molar refractivity (Wildman–Crippen MR) is 149 cm³/mol. The SMILES string of the molecule is c1cncc([Si]2(c3cccc(-c4nc5ccccc5o4)c3)c3ccccc3-n3c2nc2ccccc23)c1. The minimum absolute atomic E-state index is 0.623. The van der Waals surface area contributed by atoms with Crippen LogP contribution in [0.1, 0.15) is 0 Å². The first kappa shape index (κ1) is 20.4. The van der Waals surface area contributed by atoms with Gasteiger partial charge in [-0.1, -0.05) is 60.7 Å². The Morgan fingerprint density at radius 3 is 2.38 bits per heavy atom. The first-order valence-electron chi connectivity index (χ1n) is 12.3. The Balaban J connectivity index is 1.47. The lowest BCUT2D eigenvalue weighted by Gasteiger charge is -2.28. The molecule has 1 unspecified atom stereocenters. The van der Waals surface area contributed by atoms with Crippen molar-refractivity contribution in [3.05, 3.63) is 122 Å². The molecule has 4 heterocycles. The van der Waals surface area contributed by atoms with Crippen LogP contribution in [0.15, 0.2) is 126 Å². The van der Waals surface area contributed by atoms with Crippen LogP contribution >= 0.6 is 0 Å². The van der Waals surface area contributed by atoms with E-state index in [1.807, 2.05) is 42.7 Å². The van der Waals surface area contributed by atoms with E-state index in [2.05, 4.69) is 88.4 Å². The van der Waals surface area contributed by atoms with Crippen molar-refractivity contribution < 1.29 is 4.42 Å². The molecule has 0 spiro atoms. The number of fused-ring (bicyclic) bond motifs is 6. The summed E-state index contributed by atoms with van der Waals surface area (Å²) in [6.07, 6.45) is 3.86. The van der Waals surface area contributed by atoms with E-state index in [-0.39, 0.29) is 0 Å². The van der Waals surface area contributed by atoms with Crippen LogP contribution in [0.4, 0.5) is 0 Å². The minimum Gasteiger partial charge on any atom is -0.436 e. The molecule has 174 valence electrons. The molecule has 37 heavy (non-hydrogen) atoms. The molecule has 3 aromatic heterocycles. The predicted octanol–water partition coefficient (Wildman–Crippen LogP) is 3.92. The van der Waals surface area contributed by atoms with Gasteiger partial charge in [-0.2, -0.15) is 0 Å². The number of nitrogens with zero attached hydrogens (tertiary/aromatic N) is 4. The smallest absolute Gasteiger partial charge is 0.227 e. The number of rotatable bonds is 3. The standard InChI is InChI=1S/C31H20N4OSi/c1-3-14-26-24(12-1)34-31-35(26)27-15-4-6-17-29(27)37(31,23-11-8-18-32-20-23)22-10-7-9-21(19-22)30-33-25-13-2-5-16-28(25)36-30/h1-20H. The molecule has 0 bridgehead atoms. The summed E-state index contributed by atoms with van der Waals surface area (Å²) < 4.78 is 8.53. The molecule has 5 nitrogen and oxygen atoms in total.